The highest BCUT2D eigenvalue weighted by atomic mass is 32.1. The number of carbonyl (C=O) groups excluding carboxylic acids is 2. The highest BCUT2D eigenvalue weighted by Crippen LogP contribution is 2.37. The van der Waals surface area contributed by atoms with Crippen molar-refractivity contribution in [1.29, 1.82) is 5.26 Å². The Kier molecular flexibility index (Phi) is 7.62. The van der Waals surface area contributed by atoms with E-state index >= 15 is 0 Å². The van der Waals surface area contributed by atoms with E-state index < -0.39 is 23.4 Å². The van der Waals surface area contributed by atoms with E-state index in [0.29, 0.717) is 11.3 Å². The molecule has 1 aliphatic rings. The molecule has 168 valence electrons. The summed E-state index contributed by atoms with van der Waals surface area (Å²) in [6.45, 7) is 1.74. The second-order valence-corrected chi connectivity index (χ2v) is 7.36. The van der Waals surface area contributed by atoms with Gasteiger partial charge in [0.2, 0.25) is 0 Å². The molecular weight excluding hydrogens is 434 g/mol. The van der Waals surface area contributed by atoms with Crippen molar-refractivity contribution in [2.75, 3.05) is 20.8 Å². The molecule has 0 fully saturated rings. The van der Waals surface area contributed by atoms with Crippen LogP contribution < -0.4 is 25.2 Å². The number of hydrogen-bond donors (Lipinski definition) is 1. The molecule has 2 heterocycles. The molecule has 9 nitrogen and oxygen atoms in total. The van der Waals surface area contributed by atoms with Crippen LogP contribution in [0.3, 0.4) is 0 Å². The zero-order valence-corrected chi connectivity index (χ0v) is 17.8. The van der Waals surface area contributed by atoms with E-state index in [1.54, 1.807) is 31.2 Å². The first-order valence-corrected chi connectivity index (χ1v) is 9.96. The summed E-state index contributed by atoms with van der Waals surface area (Å²) in [7, 11) is 2.68. The smallest absolute Gasteiger partial charge is 0.338 e. The summed E-state index contributed by atoms with van der Waals surface area (Å²) in [5, 5.41) is 9.88. The Morgan fingerprint density at radius 2 is 2.06 bits per heavy atom. The summed E-state index contributed by atoms with van der Waals surface area (Å²) in [5.74, 6) is -1.92. The molecule has 32 heavy (non-hydrogen) atoms. The monoisotopic (exact) mass is 457 g/mol. The number of allylic oxidation sites excluding steroid dienone is 1. The standard InChI is InChI=1S/C21H19N3O6S.CH4/c1-4-30-21(27)17-16(11-6-5-7-12(8-11)28-2)13(10-22)18(23)24-19(26)14(31-20(17)24)9-15(25)29-3;/h5-9,16H,4,23H2,1-3H3;1H4/b14-9-;. The van der Waals surface area contributed by atoms with Gasteiger partial charge in [0, 0.05) is 6.08 Å². The summed E-state index contributed by atoms with van der Waals surface area (Å²) < 4.78 is 16.3. The predicted molar refractivity (Wildman–Crippen MR) is 120 cm³/mol. The van der Waals surface area contributed by atoms with E-state index in [9.17, 15) is 19.6 Å². The normalized spacial score (nSPS) is 15.4. The van der Waals surface area contributed by atoms with Crippen molar-refractivity contribution in [3.05, 3.63) is 55.0 Å². The average Bonchev–Trinajstić information content (AvgIpc) is 3.09. The van der Waals surface area contributed by atoms with Gasteiger partial charge in [-0.05, 0) is 24.6 Å². The molecule has 2 N–H and O–H groups in total. The maximum Gasteiger partial charge on any atom is 0.338 e. The molecule has 0 aliphatic carbocycles. The van der Waals surface area contributed by atoms with Gasteiger partial charge in [-0.15, -0.1) is 11.3 Å². The molecule has 1 atom stereocenters. The Hall–Kier alpha value is -3.84. The van der Waals surface area contributed by atoms with Crippen molar-refractivity contribution in [3.8, 4) is 11.8 Å². The molecule has 2 aromatic rings. The van der Waals surface area contributed by atoms with E-state index in [1.807, 2.05) is 6.07 Å². The summed E-state index contributed by atoms with van der Waals surface area (Å²) in [5.41, 5.74) is 6.22. The number of methoxy groups -OCH3 is 2. The number of ether oxygens (including phenoxy) is 3. The number of carbonyl (C=O) groups is 2. The fraction of sp³-hybridized carbons (Fsp3) is 0.273. The number of esters is 2. The third kappa shape index (κ3) is 4.15. The molecule has 1 aliphatic heterocycles. The minimum absolute atomic E-state index is 0. The zero-order valence-electron chi connectivity index (χ0n) is 17.0. The van der Waals surface area contributed by atoms with Gasteiger partial charge in [0.1, 0.15) is 20.8 Å². The minimum Gasteiger partial charge on any atom is -0.497 e. The van der Waals surface area contributed by atoms with E-state index in [2.05, 4.69) is 4.74 Å². The number of nitriles is 1. The molecule has 0 radical (unpaired) electrons. The number of rotatable bonds is 5. The fourth-order valence-electron chi connectivity index (χ4n) is 3.27. The number of aromatic nitrogens is 1. The summed E-state index contributed by atoms with van der Waals surface area (Å²) in [6, 6.07) is 8.86. The highest BCUT2D eigenvalue weighted by molar-refractivity contribution is 7.07. The lowest BCUT2D eigenvalue weighted by atomic mass is 9.84. The third-order valence-electron chi connectivity index (χ3n) is 4.64. The fourth-order valence-corrected chi connectivity index (χ4v) is 4.40. The highest BCUT2D eigenvalue weighted by Gasteiger charge is 2.36. The van der Waals surface area contributed by atoms with Crippen molar-refractivity contribution in [2.24, 2.45) is 5.73 Å². The molecule has 0 amide bonds. The molecule has 1 aromatic heterocycles. The Bertz CT molecular complexity index is 1310. The Morgan fingerprint density at radius 3 is 2.66 bits per heavy atom. The van der Waals surface area contributed by atoms with E-state index in [-0.39, 0.29) is 40.2 Å². The van der Waals surface area contributed by atoms with Gasteiger partial charge in [-0.25, -0.2) is 9.59 Å². The van der Waals surface area contributed by atoms with Crippen LogP contribution >= 0.6 is 11.3 Å². The SMILES string of the molecule is C.CCOC(=O)C1=c2s/c(=C\C(=O)OC)c(=O)n2C(N)=C(C#N)C1c1cccc(OC)c1. The van der Waals surface area contributed by atoms with E-state index in [4.69, 9.17) is 15.2 Å². The first kappa shape index (κ1) is 24.4. The first-order chi connectivity index (χ1) is 14.9. The van der Waals surface area contributed by atoms with Gasteiger partial charge in [-0.2, -0.15) is 5.26 Å². The van der Waals surface area contributed by atoms with E-state index in [1.165, 1.54) is 14.2 Å². The van der Waals surface area contributed by atoms with Crippen LogP contribution in [0.4, 0.5) is 0 Å². The van der Waals surface area contributed by atoms with Crippen LogP contribution in [0.25, 0.3) is 17.5 Å². The van der Waals surface area contributed by atoms with Gasteiger partial charge in [-0.1, -0.05) is 19.6 Å². The molecule has 3 rings (SSSR count). The Morgan fingerprint density at radius 1 is 1.34 bits per heavy atom. The minimum atomic E-state index is -0.886. The van der Waals surface area contributed by atoms with Crippen LogP contribution in [0.2, 0.25) is 0 Å². The quantitative estimate of drug-likeness (QED) is 0.648. The number of benzene rings is 1. The first-order valence-electron chi connectivity index (χ1n) is 9.14. The Labute approximate surface area is 188 Å². The number of hydrogen-bond acceptors (Lipinski definition) is 9. The van der Waals surface area contributed by atoms with Crippen LogP contribution in [-0.4, -0.2) is 37.3 Å². The topological polar surface area (TPSA) is 134 Å². The van der Waals surface area contributed by atoms with Gasteiger partial charge in [-0.3, -0.25) is 9.36 Å². The van der Waals surface area contributed by atoms with Crippen LogP contribution in [-0.2, 0) is 19.1 Å². The second-order valence-electron chi connectivity index (χ2n) is 6.33. The maximum atomic E-state index is 13.0. The third-order valence-corrected chi connectivity index (χ3v) is 5.75. The molecule has 1 aromatic carbocycles. The van der Waals surface area contributed by atoms with Gasteiger partial charge < -0.3 is 19.9 Å². The molecular formula is C22H23N3O6S. The zero-order chi connectivity index (χ0) is 22.7. The molecule has 0 saturated carbocycles. The second kappa shape index (κ2) is 9.98. The molecule has 0 saturated heterocycles. The van der Waals surface area contributed by atoms with Gasteiger partial charge >= 0.3 is 11.9 Å². The van der Waals surface area contributed by atoms with Gasteiger partial charge in [0.15, 0.2) is 0 Å². The van der Waals surface area contributed by atoms with Crippen LogP contribution in [0, 0.1) is 11.3 Å². The van der Waals surface area contributed by atoms with Crippen molar-refractivity contribution >= 4 is 40.7 Å². The average molecular weight is 458 g/mol. The van der Waals surface area contributed by atoms with Crippen LogP contribution in [0.1, 0.15) is 25.8 Å². The van der Waals surface area contributed by atoms with Crippen molar-refractivity contribution in [1.82, 2.24) is 4.57 Å². The van der Waals surface area contributed by atoms with E-state index in [0.717, 1.165) is 22.0 Å². The van der Waals surface area contributed by atoms with Gasteiger partial charge in [0.25, 0.3) is 5.56 Å². The maximum absolute atomic E-state index is 13.0. The molecule has 0 bridgehead atoms. The summed E-state index contributed by atoms with van der Waals surface area (Å²) in [4.78, 5) is 37.6. The largest absolute Gasteiger partial charge is 0.497 e. The number of fused-ring (bicyclic) bond motifs is 1. The van der Waals surface area contributed by atoms with Crippen LogP contribution in [0.15, 0.2) is 34.6 Å². The lowest BCUT2D eigenvalue weighted by molar-refractivity contribution is -0.136. The van der Waals surface area contributed by atoms with Crippen molar-refractivity contribution < 1.29 is 23.8 Å². The van der Waals surface area contributed by atoms with Crippen molar-refractivity contribution in [2.45, 2.75) is 20.3 Å². The number of nitrogens with zero attached hydrogens (tertiary/aromatic N) is 2. The Balaban J connectivity index is 0.00000363. The predicted octanol–water partition coefficient (Wildman–Crippen LogP) is 0.670. The van der Waals surface area contributed by atoms with Crippen LogP contribution in [0.5, 0.6) is 5.75 Å². The number of nitrogens with two attached hydrogens (primary N) is 1. The summed E-state index contributed by atoms with van der Waals surface area (Å²) in [6.07, 6.45) is 1.01. The summed E-state index contributed by atoms with van der Waals surface area (Å²) >= 11 is 0.894. The lowest BCUT2D eigenvalue weighted by Crippen LogP contribution is -2.40. The van der Waals surface area contributed by atoms with Gasteiger partial charge in [0.05, 0.1) is 44.0 Å². The number of thiazole rings is 1. The molecule has 0 spiro atoms. The lowest BCUT2D eigenvalue weighted by Gasteiger charge is -2.25. The molecule has 10 heteroatoms. The van der Waals surface area contributed by atoms with Crippen molar-refractivity contribution in [3.63, 3.8) is 0 Å². The molecule has 1 unspecified atom stereocenters.